The molecule has 25 heavy (non-hydrogen) atoms. The third kappa shape index (κ3) is 6.51. The second-order valence-electron chi connectivity index (χ2n) is 5.93. The Balaban J connectivity index is 2.16. The second-order valence-corrected chi connectivity index (χ2v) is 5.93. The maximum absolute atomic E-state index is 12.6. The van der Waals surface area contributed by atoms with Gasteiger partial charge in [0.1, 0.15) is 5.75 Å². The van der Waals surface area contributed by atoms with Crippen LogP contribution in [0.25, 0.3) is 0 Å². The second kappa shape index (κ2) is 9.13. The average Bonchev–Trinajstić information content (AvgIpc) is 2.56. The zero-order valence-corrected chi connectivity index (χ0v) is 14.0. The molecule has 134 valence electrons. The van der Waals surface area contributed by atoms with Gasteiger partial charge in [0.05, 0.1) is 0 Å². The minimum atomic E-state index is -2.90. The van der Waals surface area contributed by atoms with E-state index in [-0.39, 0.29) is 17.7 Å². The predicted octanol–water partition coefficient (Wildman–Crippen LogP) is 3.94. The van der Waals surface area contributed by atoms with Gasteiger partial charge in [0.25, 0.3) is 0 Å². The number of anilines is 1. The van der Waals surface area contributed by atoms with Crippen molar-refractivity contribution < 1.29 is 18.3 Å². The molecule has 0 aliphatic rings. The SMILES string of the molecule is CC(N)CCC(=O)Nc1ccc(OC(F)F)c(Cc2ccccc2)c1. The van der Waals surface area contributed by atoms with Crippen molar-refractivity contribution in [3.63, 3.8) is 0 Å². The molecule has 3 N–H and O–H groups in total. The first-order valence-corrected chi connectivity index (χ1v) is 8.11. The van der Waals surface area contributed by atoms with Crippen LogP contribution in [-0.4, -0.2) is 18.6 Å². The summed E-state index contributed by atoms with van der Waals surface area (Å²) in [5, 5.41) is 2.77. The first-order valence-electron chi connectivity index (χ1n) is 8.11. The van der Waals surface area contributed by atoms with E-state index in [2.05, 4.69) is 10.1 Å². The molecule has 2 rings (SSSR count). The van der Waals surface area contributed by atoms with Crippen LogP contribution in [-0.2, 0) is 11.2 Å². The fourth-order valence-electron chi connectivity index (χ4n) is 2.40. The van der Waals surface area contributed by atoms with Gasteiger partial charge < -0.3 is 15.8 Å². The first-order chi connectivity index (χ1) is 11.9. The van der Waals surface area contributed by atoms with Gasteiger partial charge in [0.2, 0.25) is 5.91 Å². The third-order valence-corrected chi connectivity index (χ3v) is 3.62. The van der Waals surface area contributed by atoms with Crippen molar-refractivity contribution in [1.29, 1.82) is 0 Å². The van der Waals surface area contributed by atoms with E-state index in [9.17, 15) is 13.6 Å². The first kappa shape index (κ1) is 18.9. The highest BCUT2D eigenvalue weighted by Gasteiger charge is 2.12. The molecule has 0 aliphatic carbocycles. The van der Waals surface area contributed by atoms with Crippen LogP contribution in [0.5, 0.6) is 5.75 Å². The number of nitrogens with two attached hydrogens (primary N) is 1. The summed E-state index contributed by atoms with van der Waals surface area (Å²) in [7, 11) is 0. The van der Waals surface area contributed by atoms with E-state index in [0.717, 1.165) is 5.56 Å². The number of ether oxygens (including phenoxy) is 1. The summed E-state index contributed by atoms with van der Waals surface area (Å²) in [6.07, 6.45) is 1.31. The summed E-state index contributed by atoms with van der Waals surface area (Å²) >= 11 is 0. The van der Waals surface area contributed by atoms with Crippen molar-refractivity contribution in [3.05, 3.63) is 59.7 Å². The summed E-state index contributed by atoms with van der Waals surface area (Å²) < 4.78 is 29.8. The van der Waals surface area contributed by atoms with Crippen LogP contribution in [0.1, 0.15) is 30.9 Å². The Morgan fingerprint density at radius 2 is 1.92 bits per heavy atom. The summed E-state index contributed by atoms with van der Waals surface area (Å²) in [5.74, 6) is -0.0575. The molecular formula is C19H22F2N2O2. The van der Waals surface area contributed by atoms with Gasteiger partial charge >= 0.3 is 6.61 Å². The van der Waals surface area contributed by atoms with Crippen molar-refractivity contribution in [1.82, 2.24) is 0 Å². The number of alkyl halides is 2. The standard InChI is InChI=1S/C19H22F2N2O2/c1-13(22)7-10-18(24)23-16-8-9-17(25-19(20)21)15(12-16)11-14-5-3-2-4-6-14/h2-6,8-9,12-13,19H,7,10-11,22H2,1H3,(H,23,24). The van der Waals surface area contributed by atoms with E-state index in [1.54, 1.807) is 12.1 Å². The molecule has 0 aliphatic heterocycles. The van der Waals surface area contributed by atoms with E-state index in [0.29, 0.717) is 30.5 Å². The Morgan fingerprint density at radius 3 is 2.56 bits per heavy atom. The molecule has 1 atom stereocenters. The van der Waals surface area contributed by atoms with Crippen molar-refractivity contribution in [3.8, 4) is 5.75 Å². The maximum atomic E-state index is 12.6. The molecule has 0 fully saturated rings. The third-order valence-electron chi connectivity index (χ3n) is 3.62. The number of hydrogen-bond acceptors (Lipinski definition) is 3. The number of halogens is 2. The van der Waals surface area contributed by atoms with Crippen molar-refractivity contribution in [2.45, 2.75) is 38.8 Å². The summed E-state index contributed by atoms with van der Waals surface area (Å²) in [6, 6.07) is 14.1. The number of amides is 1. The Kier molecular flexibility index (Phi) is 6.89. The largest absolute Gasteiger partial charge is 0.435 e. The van der Waals surface area contributed by atoms with Crippen LogP contribution in [0.2, 0.25) is 0 Å². The number of hydrogen-bond donors (Lipinski definition) is 2. The highest BCUT2D eigenvalue weighted by Crippen LogP contribution is 2.27. The predicted molar refractivity (Wildman–Crippen MR) is 93.8 cm³/mol. The lowest BCUT2D eigenvalue weighted by molar-refractivity contribution is -0.116. The van der Waals surface area contributed by atoms with Crippen LogP contribution in [0.3, 0.4) is 0 Å². The molecule has 0 bridgehead atoms. The lowest BCUT2D eigenvalue weighted by Gasteiger charge is -2.14. The molecule has 0 radical (unpaired) electrons. The van der Waals surface area contributed by atoms with E-state index >= 15 is 0 Å². The minimum absolute atomic E-state index is 0.0544. The molecule has 4 nitrogen and oxygen atoms in total. The van der Waals surface area contributed by atoms with Gasteiger partial charge in [-0.15, -0.1) is 0 Å². The number of nitrogens with one attached hydrogen (secondary N) is 1. The molecule has 0 saturated heterocycles. The van der Waals surface area contributed by atoms with Gasteiger partial charge in [0, 0.05) is 30.1 Å². The van der Waals surface area contributed by atoms with Gasteiger partial charge in [-0.25, -0.2) is 0 Å². The molecule has 2 aromatic rings. The van der Waals surface area contributed by atoms with Crippen LogP contribution in [0, 0.1) is 0 Å². The number of carbonyl (C=O) groups is 1. The zero-order chi connectivity index (χ0) is 18.2. The topological polar surface area (TPSA) is 64.4 Å². The molecule has 0 spiro atoms. The van der Waals surface area contributed by atoms with E-state index < -0.39 is 6.61 Å². The van der Waals surface area contributed by atoms with Crippen molar-refractivity contribution in [2.24, 2.45) is 5.73 Å². The van der Waals surface area contributed by atoms with Crippen LogP contribution < -0.4 is 15.8 Å². The quantitative estimate of drug-likeness (QED) is 0.759. The highest BCUT2D eigenvalue weighted by atomic mass is 19.3. The van der Waals surface area contributed by atoms with Gasteiger partial charge in [-0.2, -0.15) is 8.78 Å². The molecule has 0 heterocycles. The van der Waals surface area contributed by atoms with Crippen molar-refractivity contribution >= 4 is 11.6 Å². The van der Waals surface area contributed by atoms with Gasteiger partial charge in [0.15, 0.2) is 0 Å². The monoisotopic (exact) mass is 348 g/mol. The average molecular weight is 348 g/mol. The molecule has 0 saturated carbocycles. The number of rotatable bonds is 8. The molecule has 1 amide bonds. The van der Waals surface area contributed by atoms with E-state index in [1.165, 1.54) is 6.07 Å². The summed E-state index contributed by atoms with van der Waals surface area (Å²) in [6.45, 7) is -1.07. The summed E-state index contributed by atoms with van der Waals surface area (Å²) in [5.41, 5.74) is 7.73. The smallest absolute Gasteiger partial charge is 0.387 e. The van der Waals surface area contributed by atoms with Gasteiger partial charge in [-0.05, 0) is 37.1 Å². The summed E-state index contributed by atoms with van der Waals surface area (Å²) in [4.78, 5) is 11.9. The Hall–Kier alpha value is -2.47. The maximum Gasteiger partial charge on any atom is 0.387 e. The Bertz CT molecular complexity index is 691. The molecule has 0 aromatic heterocycles. The van der Waals surface area contributed by atoms with E-state index in [4.69, 9.17) is 5.73 Å². The molecular weight excluding hydrogens is 326 g/mol. The number of benzene rings is 2. The molecule has 2 aromatic carbocycles. The van der Waals surface area contributed by atoms with Gasteiger partial charge in [-0.1, -0.05) is 30.3 Å². The zero-order valence-electron chi connectivity index (χ0n) is 14.0. The normalized spacial score (nSPS) is 12.0. The Morgan fingerprint density at radius 1 is 1.20 bits per heavy atom. The Labute approximate surface area is 146 Å². The van der Waals surface area contributed by atoms with Crippen molar-refractivity contribution in [2.75, 3.05) is 5.32 Å². The fourth-order valence-corrected chi connectivity index (χ4v) is 2.40. The highest BCUT2D eigenvalue weighted by molar-refractivity contribution is 5.90. The molecule has 6 heteroatoms. The van der Waals surface area contributed by atoms with E-state index in [1.807, 2.05) is 37.3 Å². The lowest BCUT2D eigenvalue weighted by Crippen LogP contribution is -2.19. The van der Waals surface area contributed by atoms with Crippen LogP contribution in [0.4, 0.5) is 14.5 Å². The van der Waals surface area contributed by atoms with Crippen LogP contribution in [0.15, 0.2) is 48.5 Å². The molecule has 1 unspecified atom stereocenters. The van der Waals surface area contributed by atoms with Gasteiger partial charge in [-0.3, -0.25) is 4.79 Å². The lowest BCUT2D eigenvalue weighted by atomic mass is 10.0. The fraction of sp³-hybridized carbons (Fsp3) is 0.316. The van der Waals surface area contributed by atoms with Crippen LogP contribution >= 0.6 is 0 Å². The number of carbonyl (C=O) groups excluding carboxylic acids is 1. The minimum Gasteiger partial charge on any atom is -0.435 e.